The molecule has 1 amide bonds. The van der Waals surface area contributed by atoms with Gasteiger partial charge < -0.3 is 14.6 Å². The number of likely N-dealkylation sites (tertiary alicyclic amines) is 1. The lowest BCUT2D eigenvalue weighted by Gasteiger charge is -2.32. The third-order valence-corrected chi connectivity index (χ3v) is 3.08. The molecule has 0 unspecified atom stereocenters. The lowest BCUT2D eigenvalue weighted by Crippen LogP contribution is -2.48. The van der Waals surface area contributed by atoms with Crippen LogP contribution in [-0.4, -0.2) is 44.0 Å². The molecule has 1 saturated heterocycles. The Balaban J connectivity index is 2.23. The number of imidazole rings is 1. The van der Waals surface area contributed by atoms with Gasteiger partial charge in [-0.2, -0.15) is 0 Å². The van der Waals surface area contributed by atoms with Crippen molar-refractivity contribution in [3.05, 3.63) is 18.2 Å². The number of rotatable bonds is 2. The standard InChI is InChI=1S/C11H15N3O3/c1-13-7-12-6-9(13)10(15)14-5-3-2-4-8(14)11(16)17/h6-8H,2-5H2,1H3,(H,16,17)/t8-/m1/s1. The molecule has 1 N–H and O–H groups in total. The van der Waals surface area contributed by atoms with Crippen molar-refractivity contribution in [3.63, 3.8) is 0 Å². The van der Waals surface area contributed by atoms with Crippen LogP contribution in [0.4, 0.5) is 0 Å². The first kappa shape index (κ1) is 11.6. The molecule has 2 rings (SSSR count). The fraction of sp³-hybridized carbons (Fsp3) is 0.545. The molecule has 1 atom stereocenters. The van der Waals surface area contributed by atoms with Gasteiger partial charge in [-0.05, 0) is 19.3 Å². The Morgan fingerprint density at radius 3 is 2.82 bits per heavy atom. The first-order valence-electron chi connectivity index (χ1n) is 5.61. The summed E-state index contributed by atoms with van der Waals surface area (Å²) in [4.78, 5) is 28.6. The molecule has 1 fully saturated rings. The number of hydrogen-bond donors (Lipinski definition) is 1. The smallest absolute Gasteiger partial charge is 0.326 e. The van der Waals surface area contributed by atoms with Gasteiger partial charge in [0, 0.05) is 13.6 Å². The highest BCUT2D eigenvalue weighted by Gasteiger charge is 2.33. The minimum absolute atomic E-state index is 0.253. The summed E-state index contributed by atoms with van der Waals surface area (Å²) < 4.78 is 1.61. The summed E-state index contributed by atoms with van der Waals surface area (Å²) in [6.45, 7) is 0.501. The zero-order valence-corrected chi connectivity index (χ0v) is 9.67. The number of hydrogen-bond acceptors (Lipinski definition) is 3. The van der Waals surface area contributed by atoms with E-state index in [4.69, 9.17) is 5.11 Å². The molecule has 1 aromatic rings. The number of piperidine rings is 1. The number of carboxylic acid groups (broad SMARTS) is 1. The van der Waals surface area contributed by atoms with Gasteiger partial charge in [-0.1, -0.05) is 0 Å². The average Bonchev–Trinajstić information content (AvgIpc) is 2.74. The van der Waals surface area contributed by atoms with E-state index in [1.165, 1.54) is 17.4 Å². The number of aromatic nitrogens is 2. The Hall–Kier alpha value is -1.85. The van der Waals surface area contributed by atoms with E-state index in [0.29, 0.717) is 18.7 Å². The lowest BCUT2D eigenvalue weighted by atomic mass is 10.0. The molecule has 17 heavy (non-hydrogen) atoms. The van der Waals surface area contributed by atoms with E-state index in [2.05, 4.69) is 4.98 Å². The van der Waals surface area contributed by atoms with Crippen LogP contribution < -0.4 is 0 Å². The number of amides is 1. The Bertz CT molecular complexity index is 441. The van der Waals surface area contributed by atoms with Gasteiger partial charge in [0.25, 0.3) is 5.91 Å². The summed E-state index contributed by atoms with van der Waals surface area (Å²) in [5.74, 6) is -1.18. The fourth-order valence-electron chi connectivity index (χ4n) is 2.14. The normalized spacial score (nSPS) is 20.3. The summed E-state index contributed by atoms with van der Waals surface area (Å²) in [7, 11) is 1.72. The Morgan fingerprint density at radius 2 is 2.24 bits per heavy atom. The lowest BCUT2D eigenvalue weighted by molar-refractivity contribution is -0.143. The van der Waals surface area contributed by atoms with E-state index in [1.807, 2.05) is 0 Å². The predicted octanol–water partition coefficient (Wildman–Crippen LogP) is 0.499. The van der Waals surface area contributed by atoms with Crippen molar-refractivity contribution < 1.29 is 14.7 Å². The molecule has 1 aliphatic rings. The maximum Gasteiger partial charge on any atom is 0.326 e. The van der Waals surface area contributed by atoms with Crippen molar-refractivity contribution >= 4 is 11.9 Å². The van der Waals surface area contributed by atoms with Gasteiger partial charge >= 0.3 is 5.97 Å². The summed E-state index contributed by atoms with van der Waals surface area (Å²) in [6.07, 6.45) is 5.24. The van der Waals surface area contributed by atoms with E-state index in [-0.39, 0.29) is 5.91 Å². The van der Waals surface area contributed by atoms with Crippen molar-refractivity contribution in [2.24, 2.45) is 7.05 Å². The molecule has 0 aliphatic carbocycles. The molecule has 2 heterocycles. The van der Waals surface area contributed by atoms with Crippen LogP contribution in [-0.2, 0) is 11.8 Å². The third kappa shape index (κ3) is 2.15. The van der Waals surface area contributed by atoms with E-state index in [9.17, 15) is 9.59 Å². The quantitative estimate of drug-likeness (QED) is 0.812. The van der Waals surface area contributed by atoms with Crippen LogP contribution in [0.25, 0.3) is 0 Å². The number of carboxylic acids is 1. The van der Waals surface area contributed by atoms with Crippen LogP contribution >= 0.6 is 0 Å². The van der Waals surface area contributed by atoms with E-state index < -0.39 is 12.0 Å². The SMILES string of the molecule is Cn1cncc1C(=O)N1CCCC[C@@H]1C(=O)O. The van der Waals surface area contributed by atoms with Crippen molar-refractivity contribution in [2.75, 3.05) is 6.54 Å². The minimum atomic E-state index is -0.930. The second-order valence-corrected chi connectivity index (χ2v) is 4.24. The zero-order chi connectivity index (χ0) is 12.4. The number of carbonyl (C=O) groups is 2. The van der Waals surface area contributed by atoms with Gasteiger partial charge in [-0.25, -0.2) is 9.78 Å². The summed E-state index contributed by atoms with van der Waals surface area (Å²) in [5.41, 5.74) is 0.429. The maximum absolute atomic E-state index is 12.2. The predicted molar refractivity (Wildman–Crippen MR) is 59.5 cm³/mol. The van der Waals surface area contributed by atoms with E-state index in [0.717, 1.165) is 12.8 Å². The van der Waals surface area contributed by atoms with E-state index in [1.54, 1.807) is 11.6 Å². The van der Waals surface area contributed by atoms with Crippen LogP contribution in [0, 0.1) is 0 Å². The molecule has 1 aliphatic heterocycles. The van der Waals surface area contributed by atoms with Gasteiger partial charge in [0.15, 0.2) is 0 Å². The molecular formula is C11H15N3O3. The van der Waals surface area contributed by atoms with Crippen molar-refractivity contribution in [1.29, 1.82) is 0 Å². The minimum Gasteiger partial charge on any atom is -0.480 e. The van der Waals surface area contributed by atoms with Gasteiger partial charge in [0.05, 0.1) is 12.5 Å². The van der Waals surface area contributed by atoms with Crippen LogP contribution in [0.15, 0.2) is 12.5 Å². The Morgan fingerprint density at radius 1 is 1.47 bits per heavy atom. The topological polar surface area (TPSA) is 75.4 Å². The number of aliphatic carboxylic acids is 1. The highest BCUT2D eigenvalue weighted by Crippen LogP contribution is 2.19. The summed E-state index contributed by atoms with van der Waals surface area (Å²) in [5, 5.41) is 9.11. The number of nitrogens with zero attached hydrogens (tertiary/aromatic N) is 3. The molecule has 0 aromatic carbocycles. The van der Waals surface area contributed by atoms with Gasteiger partial charge in [0.2, 0.25) is 0 Å². The second kappa shape index (κ2) is 4.57. The van der Waals surface area contributed by atoms with Gasteiger partial charge in [-0.15, -0.1) is 0 Å². The van der Waals surface area contributed by atoms with Gasteiger partial charge in [-0.3, -0.25) is 4.79 Å². The van der Waals surface area contributed by atoms with Gasteiger partial charge in [0.1, 0.15) is 11.7 Å². The largest absolute Gasteiger partial charge is 0.480 e. The molecule has 1 aromatic heterocycles. The third-order valence-electron chi connectivity index (χ3n) is 3.08. The van der Waals surface area contributed by atoms with Crippen LogP contribution in [0.5, 0.6) is 0 Å². The highest BCUT2D eigenvalue weighted by molar-refractivity contribution is 5.95. The monoisotopic (exact) mass is 237 g/mol. The summed E-state index contributed by atoms with van der Waals surface area (Å²) in [6, 6.07) is -0.703. The maximum atomic E-state index is 12.2. The second-order valence-electron chi connectivity index (χ2n) is 4.24. The summed E-state index contributed by atoms with van der Waals surface area (Å²) >= 11 is 0. The zero-order valence-electron chi connectivity index (χ0n) is 9.67. The van der Waals surface area contributed by atoms with Crippen molar-refractivity contribution in [1.82, 2.24) is 14.5 Å². The van der Waals surface area contributed by atoms with Crippen LogP contribution in [0.3, 0.4) is 0 Å². The molecule has 6 heteroatoms. The van der Waals surface area contributed by atoms with Crippen LogP contribution in [0.1, 0.15) is 29.8 Å². The first-order valence-corrected chi connectivity index (χ1v) is 5.61. The highest BCUT2D eigenvalue weighted by atomic mass is 16.4. The molecule has 92 valence electrons. The number of carbonyl (C=O) groups excluding carboxylic acids is 1. The first-order chi connectivity index (χ1) is 8.11. The van der Waals surface area contributed by atoms with E-state index >= 15 is 0 Å². The molecule has 6 nitrogen and oxygen atoms in total. The molecular weight excluding hydrogens is 222 g/mol. The average molecular weight is 237 g/mol. The fourth-order valence-corrected chi connectivity index (χ4v) is 2.14. The van der Waals surface area contributed by atoms with Crippen molar-refractivity contribution in [3.8, 4) is 0 Å². The Kier molecular flexibility index (Phi) is 3.12. The number of aryl methyl sites for hydroxylation is 1. The van der Waals surface area contributed by atoms with Crippen molar-refractivity contribution in [2.45, 2.75) is 25.3 Å². The Labute approximate surface area is 98.9 Å². The molecule has 0 saturated carbocycles. The van der Waals surface area contributed by atoms with Crippen LogP contribution in [0.2, 0.25) is 0 Å². The molecule has 0 bridgehead atoms. The molecule has 0 spiro atoms. The molecule has 0 radical (unpaired) electrons.